The standard InChI is InChI=1S/C24H27FN6O4S/c1-4-35-30-24(32)17-12-26-23(29-22-9-14(2)18(25)13-27-22)11-20(17)28-19-8-7-16(15-5-6-15)10-21(19)31(3)36(33)34/h7-13,15,36H,4-6H2,1-3H3,(H,30,32)(H2,26,27,28,29). The van der Waals surface area contributed by atoms with E-state index in [1.165, 1.54) is 19.3 Å². The highest BCUT2D eigenvalue weighted by Gasteiger charge is 2.25. The number of nitrogens with one attached hydrogen (secondary N) is 3. The van der Waals surface area contributed by atoms with Crippen LogP contribution in [0.1, 0.15) is 47.2 Å². The number of hydrogen-bond acceptors (Lipinski definition) is 8. The van der Waals surface area contributed by atoms with Crippen LogP contribution in [0.3, 0.4) is 0 Å². The van der Waals surface area contributed by atoms with Crippen molar-refractivity contribution in [2.24, 2.45) is 0 Å². The van der Waals surface area contributed by atoms with Crippen molar-refractivity contribution in [2.45, 2.75) is 32.6 Å². The fourth-order valence-corrected chi connectivity index (χ4v) is 3.91. The number of amides is 1. The molecule has 2 heterocycles. The number of anilines is 5. The Kier molecular flexibility index (Phi) is 7.65. The van der Waals surface area contributed by atoms with Gasteiger partial charge in [0.1, 0.15) is 17.5 Å². The highest BCUT2D eigenvalue weighted by Crippen LogP contribution is 2.43. The molecule has 12 heteroatoms. The van der Waals surface area contributed by atoms with Gasteiger partial charge in [-0.1, -0.05) is 6.07 Å². The van der Waals surface area contributed by atoms with Crippen molar-refractivity contribution in [1.29, 1.82) is 0 Å². The molecule has 1 aliphatic carbocycles. The predicted molar refractivity (Wildman–Crippen MR) is 136 cm³/mol. The van der Waals surface area contributed by atoms with Crippen molar-refractivity contribution < 1.29 is 22.4 Å². The van der Waals surface area contributed by atoms with Crippen molar-refractivity contribution in [3.63, 3.8) is 0 Å². The molecule has 1 aliphatic rings. The summed E-state index contributed by atoms with van der Waals surface area (Å²) in [5.74, 6) is 0.168. The lowest BCUT2D eigenvalue weighted by Crippen LogP contribution is -2.25. The summed E-state index contributed by atoms with van der Waals surface area (Å²) >= 11 is 0. The molecule has 4 rings (SSSR count). The molecule has 3 N–H and O–H groups in total. The largest absolute Gasteiger partial charge is 0.353 e. The maximum absolute atomic E-state index is 13.6. The average Bonchev–Trinajstić information content (AvgIpc) is 3.70. The normalized spacial score (nSPS) is 12.9. The summed E-state index contributed by atoms with van der Waals surface area (Å²) in [5, 5.41) is 6.18. The summed E-state index contributed by atoms with van der Waals surface area (Å²) in [4.78, 5) is 26.1. The van der Waals surface area contributed by atoms with E-state index in [0.717, 1.165) is 28.9 Å². The van der Waals surface area contributed by atoms with Crippen LogP contribution in [-0.4, -0.2) is 37.9 Å². The molecule has 0 atom stereocenters. The molecule has 1 aromatic carbocycles. The average molecular weight is 515 g/mol. The van der Waals surface area contributed by atoms with Gasteiger partial charge in [-0.05, 0) is 61.9 Å². The molecule has 0 unspecified atom stereocenters. The van der Waals surface area contributed by atoms with E-state index in [1.54, 1.807) is 26.0 Å². The van der Waals surface area contributed by atoms with Gasteiger partial charge in [-0.3, -0.25) is 13.9 Å². The molecule has 1 saturated carbocycles. The number of aromatic nitrogens is 2. The molecular formula is C24H27FN6O4S. The van der Waals surface area contributed by atoms with E-state index in [-0.39, 0.29) is 12.2 Å². The Hall–Kier alpha value is -3.77. The molecule has 0 bridgehead atoms. The van der Waals surface area contributed by atoms with Crippen molar-refractivity contribution >= 4 is 45.5 Å². The number of rotatable bonds is 10. The molecule has 1 amide bonds. The number of pyridine rings is 2. The van der Waals surface area contributed by atoms with Crippen LogP contribution < -0.4 is 20.4 Å². The summed E-state index contributed by atoms with van der Waals surface area (Å²) in [7, 11) is -1.42. The predicted octanol–water partition coefficient (Wildman–Crippen LogP) is 3.93. The van der Waals surface area contributed by atoms with Gasteiger partial charge in [0.25, 0.3) is 5.91 Å². The number of carbonyl (C=O) groups is 1. The fraction of sp³-hybridized carbons (Fsp3) is 0.292. The highest BCUT2D eigenvalue weighted by atomic mass is 32.2. The minimum Gasteiger partial charge on any atom is -0.353 e. The first-order valence-electron chi connectivity index (χ1n) is 11.4. The van der Waals surface area contributed by atoms with E-state index in [2.05, 4.69) is 26.1 Å². The molecule has 0 aliphatic heterocycles. The van der Waals surface area contributed by atoms with Crippen LogP contribution in [0.4, 0.5) is 33.1 Å². The quantitative estimate of drug-likeness (QED) is 0.237. The van der Waals surface area contributed by atoms with Gasteiger partial charge in [0.2, 0.25) is 10.9 Å². The minimum absolute atomic E-state index is 0.170. The maximum atomic E-state index is 13.6. The molecule has 0 spiro atoms. The van der Waals surface area contributed by atoms with Crippen molar-refractivity contribution in [1.82, 2.24) is 15.4 Å². The van der Waals surface area contributed by atoms with Gasteiger partial charge >= 0.3 is 0 Å². The molecule has 0 saturated heterocycles. The summed E-state index contributed by atoms with van der Waals surface area (Å²) in [6.07, 6.45) is 4.59. The first-order valence-corrected chi connectivity index (χ1v) is 12.5. The van der Waals surface area contributed by atoms with E-state index in [1.807, 2.05) is 12.1 Å². The second kappa shape index (κ2) is 10.9. The highest BCUT2D eigenvalue weighted by molar-refractivity contribution is 7.74. The number of aryl methyl sites for hydroxylation is 1. The lowest BCUT2D eigenvalue weighted by Gasteiger charge is -2.20. The summed E-state index contributed by atoms with van der Waals surface area (Å²) in [5.41, 5.74) is 5.27. The van der Waals surface area contributed by atoms with Crippen LogP contribution in [0.2, 0.25) is 0 Å². The van der Waals surface area contributed by atoms with Crippen LogP contribution in [0.25, 0.3) is 0 Å². The zero-order valence-corrected chi connectivity index (χ0v) is 20.9. The Balaban J connectivity index is 1.72. The van der Waals surface area contributed by atoms with Crippen LogP contribution in [-0.2, 0) is 15.7 Å². The Labute approximate surface area is 209 Å². The second-order valence-electron chi connectivity index (χ2n) is 8.36. The Morgan fingerprint density at radius 3 is 2.50 bits per heavy atom. The van der Waals surface area contributed by atoms with Gasteiger partial charge in [-0.2, -0.15) is 0 Å². The SMILES string of the molecule is CCONC(=O)c1cnc(Nc2cc(C)c(F)cn2)cc1Nc1ccc(C2CC2)cc1N(C)[SH](=O)=O. The molecule has 190 valence electrons. The van der Waals surface area contributed by atoms with Crippen LogP contribution in [0.5, 0.6) is 0 Å². The number of nitrogens with zero attached hydrogens (tertiary/aromatic N) is 3. The van der Waals surface area contributed by atoms with E-state index >= 15 is 0 Å². The minimum atomic E-state index is -2.88. The van der Waals surface area contributed by atoms with E-state index in [9.17, 15) is 17.6 Å². The van der Waals surface area contributed by atoms with E-state index < -0.39 is 22.6 Å². The van der Waals surface area contributed by atoms with E-state index in [0.29, 0.717) is 40.2 Å². The Bertz CT molecular complexity index is 1350. The first-order chi connectivity index (χ1) is 17.3. The van der Waals surface area contributed by atoms with Gasteiger partial charge < -0.3 is 10.6 Å². The lowest BCUT2D eigenvalue weighted by atomic mass is 10.1. The number of halogens is 1. The molecule has 2 aromatic heterocycles. The molecule has 1 fully saturated rings. The van der Waals surface area contributed by atoms with Gasteiger partial charge in [0.15, 0.2) is 0 Å². The van der Waals surface area contributed by atoms with Crippen LogP contribution in [0.15, 0.2) is 42.7 Å². The number of carbonyl (C=O) groups excluding carboxylic acids is 1. The Morgan fingerprint density at radius 2 is 1.83 bits per heavy atom. The monoisotopic (exact) mass is 514 g/mol. The third-order valence-electron chi connectivity index (χ3n) is 5.69. The van der Waals surface area contributed by atoms with E-state index in [4.69, 9.17) is 4.84 Å². The Morgan fingerprint density at radius 1 is 1.11 bits per heavy atom. The first kappa shape index (κ1) is 25.3. The van der Waals surface area contributed by atoms with Crippen molar-refractivity contribution in [3.8, 4) is 0 Å². The van der Waals surface area contributed by atoms with Gasteiger partial charge in [-0.25, -0.2) is 28.3 Å². The molecular weight excluding hydrogens is 487 g/mol. The number of hydrogen-bond donors (Lipinski definition) is 4. The smallest absolute Gasteiger partial charge is 0.278 e. The fourth-order valence-electron chi connectivity index (χ4n) is 3.57. The second-order valence-corrected chi connectivity index (χ2v) is 9.44. The summed E-state index contributed by atoms with van der Waals surface area (Å²) < 4.78 is 38.4. The molecule has 3 aromatic rings. The number of benzene rings is 1. The number of thiol groups is 1. The summed E-state index contributed by atoms with van der Waals surface area (Å²) in [6, 6.07) is 8.70. The molecule has 36 heavy (non-hydrogen) atoms. The zero-order chi connectivity index (χ0) is 25.8. The van der Waals surface area contributed by atoms with Crippen molar-refractivity contribution in [2.75, 3.05) is 28.6 Å². The van der Waals surface area contributed by atoms with Crippen LogP contribution in [0, 0.1) is 12.7 Å². The zero-order valence-electron chi connectivity index (χ0n) is 20.0. The molecule has 10 nitrogen and oxygen atoms in total. The van der Waals surface area contributed by atoms with Gasteiger partial charge in [0, 0.05) is 19.3 Å². The summed E-state index contributed by atoms with van der Waals surface area (Å²) in [6.45, 7) is 3.62. The number of hydroxylamine groups is 1. The maximum Gasteiger partial charge on any atom is 0.278 e. The third kappa shape index (κ3) is 5.89. The third-order valence-corrected chi connectivity index (χ3v) is 6.40. The van der Waals surface area contributed by atoms with Crippen molar-refractivity contribution in [3.05, 3.63) is 65.2 Å². The molecule has 0 radical (unpaired) electrons. The lowest BCUT2D eigenvalue weighted by molar-refractivity contribution is 0.0365. The topological polar surface area (TPSA) is 126 Å². The van der Waals surface area contributed by atoms with Gasteiger partial charge in [0.05, 0.1) is 35.4 Å². The van der Waals surface area contributed by atoms with Gasteiger partial charge in [-0.15, -0.1) is 0 Å². The van der Waals surface area contributed by atoms with Crippen LogP contribution >= 0.6 is 0 Å².